The number of halogens is 3. The summed E-state index contributed by atoms with van der Waals surface area (Å²) in [5.41, 5.74) is 1.93. The molecule has 1 saturated heterocycles. The summed E-state index contributed by atoms with van der Waals surface area (Å²) in [6.07, 6.45) is -2.81. The van der Waals surface area contributed by atoms with E-state index in [2.05, 4.69) is 0 Å². The summed E-state index contributed by atoms with van der Waals surface area (Å²) in [6, 6.07) is 14.7. The van der Waals surface area contributed by atoms with Gasteiger partial charge in [0.05, 0.1) is 25.9 Å². The minimum atomic E-state index is -1.19. The molecule has 0 spiro atoms. The molecule has 3 rings (SSSR count). The van der Waals surface area contributed by atoms with Gasteiger partial charge in [0.1, 0.15) is 12.2 Å². The van der Waals surface area contributed by atoms with Gasteiger partial charge in [-0.05, 0) is 42.3 Å². The second-order valence-electron chi connectivity index (χ2n) is 6.37. The van der Waals surface area contributed by atoms with Crippen molar-refractivity contribution < 1.29 is 18.6 Å². The lowest BCUT2D eigenvalue weighted by Crippen LogP contribution is -2.34. The maximum atomic E-state index is 14.5. The second kappa shape index (κ2) is 9.16. The quantitative estimate of drug-likeness (QED) is 0.639. The Bertz CT molecular complexity index is 693. The fraction of sp³-hybridized carbons (Fsp3) is 0.400. The zero-order chi connectivity index (χ0) is 18.5. The third-order valence-electron chi connectivity index (χ3n) is 4.34. The maximum absolute atomic E-state index is 14.5. The van der Waals surface area contributed by atoms with Crippen LogP contribution in [0.5, 0.6) is 0 Å². The lowest BCUT2D eigenvalue weighted by Gasteiger charge is -2.20. The van der Waals surface area contributed by atoms with Crippen molar-refractivity contribution in [1.82, 2.24) is 0 Å². The molecule has 0 aromatic heterocycles. The van der Waals surface area contributed by atoms with Gasteiger partial charge in [-0.15, -0.1) is 0 Å². The van der Waals surface area contributed by atoms with Gasteiger partial charge in [-0.3, -0.25) is 0 Å². The highest BCUT2D eigenvalue weighted by atomic mass is 35.5. The second-order valence-corrected chi connectivity index (χ2v) is 7.24. The molecule has 1 fully saturated rings. The first-order valence-corrected chi connectivity index (χ1v) is 9.26. The van der Waals surface area contributed by atoms with Crippen LogP contribution in [0.15, 0.2) is 48.5 Å². The lowest BCUT2D eigenvalue weighted by atomic mass is 10.1. The molecule has 1 unspecified atom stereocenters. The zero-order valence-corrected chi connectivity index (χ0v) is 15.9. The van der Waals surface area contributed by atoms with E-state index in [0.717, 1.165) is 11.1 Å². The molecular formula is C20H21Cl2FO3. The van der Waals surface area contributed by atoms with E-state index < -0.39 is 24.5 Å². The van der Waals surface area contributed by atoms with E-state index in [1.807, 2.05) is 36.4 Å². The van der Waals surface area contributed by atoms with Crippen LogP contribution < -0.4 is 0 Å². The predicted octanol–water partition coefficient (Wildman–Crippen LogP) is 5.22. The van der Waals surface area contributed by atoms with Crippen LogP contribution in [-0.2, 0) is 27.4 Å². The molecule has 0 saturated carbocycles. The zero-order valence-electron chi connectivity index (χ0n) is 14.4. The van der Waals surface area contributed by atoms with Crippen molar-refractivity contribution in [3.63, 3.8) is 0 Å². The fourth-order valence-electron chi connectivity index (χ4n) is 2.88. The standard InChI is InChI=1S/C20H21Cl2FO3/c1-13-19(23)20(25-11-15-4-8-17(22)9-5-15)18(26-13)12-24-10-14-2-6-16(21)7-3-14/h2-9,13,18-20H,10-12H2,1H3/t13?,18-,19-,20-/m1/s1. The molecule has 2 aromatic rings. The van der Waals surface area contributed by atoms with Crippen molar-refractivity contribution in [2.45, 2.75) is 44.6 Å². The van der Waals surface area contributed by atoms with Gasteiger partial charge in [-0.1, -0.05) is 47.5 Å². The number of rotatable bonds is 7. The van der Waals surface area contributed by atoms with Crippen molar-refractivity contribution in [3.8, 4) is 0 Å². The normalized spacial score (nSPS) is 25.5. The van der Waals surface area contributed by atoms with Crippen LogP contribution in [0.3, 0.4) is 0 Å². The molecule has 4 atom stereocenters. The molecule has 6 heteroatoms. The molecular weight excluding hydrogens is 378 g/mol. The highest BCUT2D eigenvalue weighted by Crippen LogP contribution is 2.28. The molecule has 0 radical (unpaired) electrons. The topological polar surface area (TPSA) is 27.7 Å². The molecule has 0 aliphatic carbocycles. The van der Waals surface area contributed by atoms with Crippen LogP contribution in [0, 0.1) is 0 Å². The largest absolute Gasteiger partial charge is 0.374 e. The summed E-state index contributed by atoms with van der Waals surface area (Å²) in [6.45, 7) is 2.68. The van der Waals surface area contributed by atoms with Crippen LogP contribution in [0.2, 0.25) is 10.0 Å². The highest BCUT2D eigenvalue weighted by molar-refractivity contribution is 6.30. The minimum Gasteiger partial charge on any atom is -0.374 e. The Morgan fingerprint density at radius 1 is 0.923 bits per heavy atom. The van der Waals surface area contributed by atoms with Crippen LogP contribution in [-0.4, -0.2) is 31.1 Å². The summed E-state index contributed by atoms with van der Waals surface area (Å²) < 4.78 is 31.6. The minimum absolute atomic E-state index is 0.263. The third kappa shape index (κ3) is 5.18. The Morgan fingerprint density at radius 3 is 2.04 bits per heavy atom. The number of ether oxygens (including phenoxy) is 3. The number of hydrogen-bond donors (Lipinski definition) is 0. The van der Waals surface area contributed by atoms with Crippen molar-refractivity contribution >= 4 is 23.2 Å². The van der Waals surface area contributed by atoms with E-state index in [1.54, 1.807) is 19.1 Å². The monoisotopic (exact) mass is 398 g/mol. The first-order chi connectivity index (χ1) is 12.5. The third-order valence-corrected chi connectivity index (χ3v) is 4.84. The Kier molecular flexibility index (Phi) is 6.90. The van der Waals surface area contributed by atoms with E-state index in [4.69, 9.17) is 37.4 Å². The average molecular weight is 399 g/mol. The van der Waals surface area contributed by atoms with Crippen molar-refractivity contribution in [1.29, 1.82) is 0 Å². The molecule has 1 heterocycles. The summed E-state index contributed by atoms with van der Waals surface area (Å²) >= 11 is 11.7. The summed E-state index contributed by atoms with van der Waals surface area (Å²) in [5, 5.41) is 1.33. The van der Waals surface area contributed by atoms with Crippen molar-refractivity contribution in [3.05, 3.63) is 69.7 Å². The van der Waals surface area contributed by atoms with Gasteiger partial charge in [0.25, 0.3) is 0 Å². The van der Waals surface area contributed by atoms with Crippen LogP contribution >= 0.6 is 23.2 Å². The molecule has 1 aliphatic rings. The van der Waals surface area contributed by atoms with Gasteiger partial charge >= 0.3 is 0 Å². The molecule has 0 amide bonds. The van der Waals surface area contributed by atoms with E-state index in [-0.39, 0.29) is 6.61 Å². The van der Waals surface area contributed by atoms with Gasteiger partial charge in [0.15, 0.2) is 6.17 Å². The first-order valence-electron chi connectivity index (χ1n) is 8.50. The first kappa shape index (κ1) is 19.6. The predicted molar refractivity (Wildman–Crippen MR) is 100 cm³/mol. The highest BCUT2D eigenvalue weighted by Gasteiger charge is 2.43. The summed E-state index contributed by atoms with van der Waals surface area (Å²) in [4.78, 5) is 0. The van der Waals surface area contributed by atoms with E-state index >= 15 is 0 Å². The van der Waals surface area contributed by atoms with E-state index in [1.165, 1.54) is 0 Å². The maximum Gasteiger partial charge on any atom is 0.155 e. The van der Waals surface area contributed by atoms with E-state index in [0.29, 0.717) is 23.3 Å². The Hall–Kier alpha value is -1.17. The van der Waals surface area contributed by atoms with Gasteiger partial charge in [0, 0.05) is 10.0 Å². The van der Waals surface area contributed by atoms with Crippen LogP contribution in [0.25, 0.3) is 0 Å². The molecule has 2 aromatic carbocycles. The number of alkyl halides is 1. The molecule has 3 nitrogen and oxygen atoms in total. The van der Waals surface area contributed by atoms with Gasteiger partial charge in [-0.2, -0.15) is 0 Å². The smallest absolute Gasteiger partial charge is 0.155 e. The molecule has 1 aliphatic heterocycles. The van der Waals surface area contributed by atoms with Gasteiger partial charge < -0.3 is 14.2 Å². The van der Waals surface area contributed by atoms with E-state index in [9.17, 15) is 4.39 Å². The van der Waals surface area contributed by atoms with Crippen LogP contribution in [0.1, 0.15) is 18.1 Å². The Balaban J connectivity index is 1.52. The van der Waals surface area contributed by atoms with Crippen molar-refractivity contribution in [2.24, 2.45) is 0 Å². The Morgan fingerprint density at radius 2 is 1.46 bits per heavy atom. The molecule has 26 heavy (non-hydrogen) atoms. The average Bonchev–Trinajstić information content (AvgIpc) is 2.90. The van der Waals surface area contributed by atoms with Gasteiger partial charge in [-0.25, -0.2) is 4.39 Å². The SMILES string of the molecule is CC1O[C@H](COCc2ccc(Cl)cc2)[C@@H](OCc2ccc(Cl)cc2)[C@@H]1F. The fourth-order valence-corrected chi connectivity index (χ4v) is 3.13. The van der Waals surface area contributed by atoms with Crippen LogP contribution in [0.4, 0.5) is 4.39 Å². The lowest BCUT2D eigenvalue weighted by molar-refractivity contribution is -0.0719. The molecule has 140 valence electrons. The molecule has 0 bridgehead atoms. The summed E-state index contributed by atoms with van der Waals surface area (Å²) in [5.74, 6) is 0. The molecule has 0 N–H and O–H groups in total. The number of benzene rings is 2. The van der Waals surface area contributed by atoms with Crippen molar-refractivity contribution in [2.75, 3.05) is 6.61 Å². The number of hydrogen-bond acceptors (Lipinski definition) is 3. The summed E-state index contributed by atoms with van der Waals surface area (Å²) in [7, 11) is 0. The Labute approximate surface area is 163 Å². The van der Waals surface area contributed by atoms with Gasteiger partial charge in [0.2, 0.25) is 0 Å².